The summed E-state index contributed by atoms with van der Waals surface area (Å²) in [6.07, 6.45) is 6.99. The highest BCUT2D eigenvalue weighted by atomic mass is 35.5. The van der Waals surface area contributed by atoms with Gasteiger partial charge in [-0.05, 0) is 37.0 Å². The third-order valence-electron chi connectivity index (χ3n) is 4.17. The molecule has 6 nitrogen and oxygen atoms in total. The lowest BCUT2D eigenvalue weighted by molar-refractivity contribution is -0.126. The molecule has 1 aliphatic carbocycles. The maximum absolute atomic E-state index is 12.2. The van der Waals surface area contributed by atoms with E-state index in [9.17, 15) is 4.79 Å². The Kier molecular flexibility index (Phi) is 8.18. The number of hydrogen-bond donors (Lipinski definition) is 2. The summed E-state index contributed by atoms with van der Waals surface area (Å²) in [4.78, 5) is 16.1. The summed E-state index contributed by atoms with van der Waals surface area (Å²) in [7, 11) is 0. The van der Waals surface area contributed by atoms with Gasteiger partial charge in [0.15, 0.2) is 0 Å². The zero-order valence-corrected chi connectivity index (χ0v) is 14.9. The molecule has 0 saturated heterocycles. The monoisotopic (exact) mass is 371 g/mol. The smallest absolute Gasteiger partial charge is 0.223 e. The molecule has 24 heavy (non-hydrogen) atoms. The van der Waals surface area contributed by atoms with Crippen LogP contribution in [0.5, 0.6) is 0 Å². The Labute approximate surface area is 154 Å². The first-order chi connectivity index (χ1) is 10.7. The highest BCUT2D eigenvalue weighted by Crippen LogP contribution is 2.23. The van der Waals surface area contributed by atoms with E-state index >= 15 is 0 Å². The lowest BCUT2D eigenvalue weighted by Gasteiger charge is -2.25. The van der Waals surface area contributed by atoms with Crippen molar-refractivity contribution in [3.8, 4) is 5.69 Å². The minimum absolute atomic E-state index is 0. The van der Waals surface area contributed by atoms with Crippen molar-refractivity contribution in [1.82, 2.24) is 20.1 Å². The number of halogens is 2. The highest BCUT2D eigenvalue weighted by molar-refractivity contribution is 5.85. The molecule has 0 spiro atoms. The quantitative estimate of drug-likeness (QED) is 0.862. The van der Waals surface area contributed by atoms with Crippen LogP contribution in [0, 0.1) is 5.92 Å². The number of hydrogen-bond acceptors (Lipinski definition) is 4. The second-order valence-electron chi connectivity index (χ2n) is 5.85. The minimum Gasteiger partial charge on any atom is -0.352 e. The van der Waals surface area contributed by atoms with Crippen LogP contribution in [0.2, 0.25) is 0 Å². The van der Waals surface area contributed by atoms with Gasteiger partial charge in [0.1, 0.15) is 12.7 Å². The molecule has 1 aliphatic rings. The predicted molar refractivity (Wildman–Crippen MR) is 97.6 cm³/mol. The van der Waals surface area contributed by atoms with Gasteiger partial charge in [-0.15, -0.1) is 24.8 Å². The molecular formula is C16H23Cl2N5O. The van der Waals surface area contributed by atoms with E-state index in [1.807, 2.05) is 24.3 Å². The van der Waals surface area contributed by atoms with Crippen LogP contribution in [0.25, 0.3) is 5.69 Å². The van der Waals surface area contributed by atoms with Gasteiger partial charge >= 0.3 is 0 Å². The van der Waals surface area contributed by atoms with E-state index in [0.29, 0.717) is 6.54 Å². The second kappa shape index (κ2) is 9.61. The normalized spacial score (nSPS) is 19.7. The Balaban J connectivity index is 0.00000144. The molecule has 2 atom stereocenters. The Morgan fingerprint density at radius 1 is 1.25 bits per heavy atom. The Morgan fingerprint density at radius 3 is 2.62 bits per heavy atom. The second-order valence-corrected chi connectivity index (χ2v) is 5.85. The Bertz CT molecular complexity index is 618. The van der Waals surface area contributed by atoms with Crippen LogP contribution in [0.1, 0.15) is 31.2 Å². The molecule has 0 aliphatic heterocycles. The average molecular weight is 372 g/mol. The van der Waals surface area contributed by atoms with Crippen molar-refractivity contribution in [3.05, 3.63) is 42.5 Å². The molecule has 3 rings (SSSR count). The average Bonchev–Trinajstić information content (AvgIpc) is 3.07. The fourth-order valence-corrected chi connectivity index (χ4v) is 2.91. The Morgan fingerprint density at radius 2 is 2.00 bits per heavy atom. The zero-order valence-electron chi connectivity index (χ0n) is 13.3. The maximum Gasteiger partial charge on any atom is 0.223 e. The Hall–Kier alpha value is -1.63. The molecule has 1 aromatic carbocycles. The first kappa shape index (κ1) is 20.4. The van der Waals surface area contributed by atoms with Gasteiger partial charge in [0, 0.05) is 18.5 Å². The van der Waals surface area contributed by atoms with E-state index in [-0.39, 0.29) is 42.7 Å². The molecule has 1 amide bonds. The van der Waals surface area contributed by atoms with Crippen LogP contribution >= 0.6 is 24.8 Å². The summed E-state index contributed by atoms with van der Waals surface area (Å²) >= 11 is 0. The van der Waals surface area contributed by atoms with Gasteiger partial charge in [0.05, 0.1) is 5.69 Å². The van der Waals surface area contributed by atoms with Crippen molar-refractivity contribution in [2.75, 3.05) is 0 Å². The topological polar surface area (TPSA) is 85.8 Å². The van der Waals surface area contributed by atoms with E-state index in [4.69, 9.17) is 5.73 Å². The summed E-state index contributed by atoms with van der Waals surface area (Å²) in [5.74, 6) is 0.189. The number of nitrogens with one attached hydrogen (secondary N) is 1. The minimum atomic E-state index is 0. The lowest BCUT2D eigenvalue weighted by Crippen LogP contribution is -2.37. The molecule has 1 aromatic heterocycles. The zero-order chi connectivity index (χ0) is 15.4. The summed E-state index contributed by atoms with van der Waals surface area (Å²) < 4.78 is 1.70. The molecule has 0 radical (unpaired) electrons. The molecule has 8 heteroatoms. The molecule has 2 aromatic rings. The van der Waals surface area contributed by atoms with Crippen LogP contribution in [0.15, 0.2) is 36.9 Å². The first-order valence-electron chi connectivity index (χ1n) is 7.69. The summed E-state index contributed by atoms with van der Waals surface area (Å²) in [6, 6.07) is 8.08. The fraction of sp³-hybridized carbons (Fsp3) is 0.438. The van der Waals surface area contributed by atoms with Crippen molar-refractivity contribution in [1.29, 1.82) is 0 Å². The number of carbonyl (C=O) groups is 1. The van der Waals surface area contributed by atoms with Gasteiger partial charge < -0.3 is 11.1 Å². The number of benzene rings is 1. The third-order valence-corrected chi connectivity index (χ3v) is 4.17. The van der Waals surface area contributed by atoms with Crippen LogP contribution < -0.4 is 11.1 Å². The van der Waals surface area contributed by atoms with Crippen molar-refractivity contribution in [2.45, 2.75) is 38.3 Å². The molecule has 132 valence electrons. The van der Waals surface area contributed by atoms with Gasteiger partial charge in [-0.1, -0.05) is 18.6 Å². The SMILES string of the molecule is Cl.Cl.NC1CCCC(C(=O)NCc2ccc(-n3cncn3)cc2)C1. The standard InChI is InChI=1S/C16H21N5O.2ClH/c17-14-3-1-2-13(8-14)16(22)19-9-12-4-6-15(7-5-12)21-11-18-10-20-21;;/h4-7,10-11,13-14H,1-3,8-9,17H2,(H,19,22);2*1H. The van der Waals surface area contributed by atoms with Crippen LogP contribution in [0.4, 0.5) is 0 Å². The molecular weight excluding hydrogens is 349 g/mol. The largest absolute Gasteiger partial charge is 0.352 e. The number of rotatable bonds is 4. The van der Waals surface area contributed by atoms with Crippen molar-refractivity contribution < 1.29 is 4.79 Å². The number of nitrogens with zero attached hydrogens (tertiary/aromatic N) is 3. The lowest BCUT2D eigenvalue weighted by atomic mass is 9.85. The number of nitrogens with two attached hydrogens (primary N) is 1. The summed E-state index contributed by atoms with van der Waals surface area (Å²) in [5.41, 5.74) is 7.96. The van der Waals surface area contributed by atoms with Crippen LogP contribution in [-0.4, -0.2) is 26.7 Å². The van der Waals surface area contributed by atoms with Gasteiger partial charge in [-0.25, -0.2) is 9.67 Å². The summed E-state index contributed by atoms with van der Waals surface area (Å²) in [6.45, 7) is 0.544. The van der Waals surface area contributed by atoms with Crippen LogP contribution in [0.3, 0.4) is 0 Å². The molecule has 1 saturated carbocycles. The van der Waals surface area contributed by atoms with E-state index < -0.39 is 0 Å². The number of aromatic nitrogens is 3. The molecule has 0 bridgehead atoms. The third kappa shape index (κ3) is 5.19. The van der Waals surface area contributed by atoms with Crippen molar-refractivity contribution in [3.63, 3.8) is 0 Å². The van der Waals surface area contributed by atoms with E-state index in [2.05, 4.69) is 15.4 Å². The van der Waals surface area contributed by atoms with Crippen molar-refractivity contribution >= 4 is 30.7 Å². The highest BCUT2D eigenvalue weighted by Gasteiger charge is 2.24. The molecule has 1 heterocycles. The van der Waals surface area contributed by atoms with E-state index in [1.54, 1.807) is 11.0 Å². The van der Waals surface area contributed by atoms with Crippen molar-refractivity contribution in [2.24, 2.45) is 11.7 Å². The maximum atomic E-state index is 12.2. The summed E-state index contributed by atoms with van der Waals surface area (Å²) in [5, 5.41) is 7.10. The predicted octanol–water partition coefficient (Wildman–Crippen LogP) is 2.24. The van der Waals surface area contributed by atoms with Gasteiger partial charge in [-0.2, -0.15) is 5.10 Å². The van der Waals surface area contributed by atoms with E-state index in [1.165, 1.54) is 6.33 Å². The molecule has 3 N–H and O–H groups in total. The first-order valence-corrected chi connectivity index (χ1v) is 7.69. The number of carbonyl (C=O) groups excluding carboxylic acids is 1. The fourth-order valence-electron chi connectivity index (χ4n) is 2.91. The molecule has 2 unspecified atom stereocenters. The van der Waals surface area contributed by atoms with Gasteiger partial charge in [0.25, 0.3) is 0 Å². The van der Waals surface area contributed by atoms with Gasteiger partial charge in [-0.3, -0.25) is 4.79 Å². The number of amides is 1. The van der Waals surface area contributed by atoms with Crippen LogP contribution in [-0.2, 0) is 11.3 Å². The van der Waals surface area contributed by atoms with Gasteiger partial charge in [0.2, 0.25) is 5.91 Å². The molecule has 1 fully saturated rings. The van der Waals surface area contributed by atoms with E-state index in [0.717, 1.165) is 36.9 Å².